The van der Waals surface area contributed by atoms with Gasteiger partial charge >= 0.3 is 0 Å². The Labute approximate surface area is 108 Å². The molecule has 0 unspecified atom stereocenters. The number of nitrogens with zero attached hydrogens (tertiary/aromatic N) is 1. The molecule has 0 bridgehead atoms. The van der Waals surface area contributed by atoms with Crippen molar-refractivity contribution in [3.63, 3.8) is 0 Å². The summed E-state index contributed by atoms with van der Waals surface area (Å²) in [5.41, 5.74) is 3.23. The Kier molecular flexibility index (Phi) is 4.01. The lowest BCUT2D eigenvalue weighted by molar-refractivity contribution is -0.129. The third kappa shape index (κ3) is 3.12. The van der Waals surface area contributed by atoms with E-state index in [0.29, 0.717) is 26.3 Å². The van der Waals surface area contributed by atoms with Crippen molar-refractivity contribution in [3.05, 3.63) is 34.9 Å². The number of carbonyl (C=O) groups is 1. The number of ether oxygens (including phenoxy) is 1. The van der Waals surface area contributed by atoms with Gasteiger partial charge in [0.1, 0.15) is 0 Å². The van der Waals surface area contributed by atoms with E-state index in [4.69, 9.17) is 4.74 Å². The highest BCUT2D eigenvalue weighted by Gasteiger charge is 2.14. The summed E-state index contributed by atoms with van der Waals surface area (Å²) in [5.74, 6) is 5.55. The van der Waals surface area contributed by atoms with E-state index in [1.165, 1.54) is 5.56 Å². The molecule has 94 valence electrons. The summed E-state index contributed by atoms with van der Waals surface area (Å²) in [6.45, 7) is 6.55. The Bertz CT molecular complexity index is 505. The molecule has 0 N–H and O–H groups in total. The smallest absolute Gasteiger partial charge is 0.298 e. The fraction of sp³-hybridized carbons (Fsp3) is 0.400. The van der Waals surface area contributed by atoms with Crippen molar-refractivity contribution in [2.75, 3.05) is 26.3 Å². The summed E-state index contributed by atoms with van der Waals surface area (Å²) in [7, 11) is 0. The standard InChI is InChI=1S/C15H17NO2/c1-12-3-4-14(13(2)11-12)5-6-15(17)16-7-9-18-10-8-16/h3-4,11H,7-10H2,1-2H3. The van der Waals surface area contributed by atoms with Crippen molar-refractivity contribution in [2.45, 2.75) is 13.8 Å². The van der Waals surface area contributed by atoms with Crippen LogP contribution >= 0.6 is 0 Å². The topological polar surface area (TPSA) is 29.5 Å². The summed E-state index contributed by atoms with van der Waals surface area (Å²) < 4.78 is 5.20. The Morgan fingerprint density at radius 3 is 2.67 bits per heavy atom. The highest BCUT2D eigenvalue weighted by atomic mass is 16.5. The molecule has 1 aliphatic rings. The predicted octanol–water partition coefficient (Wildman–Crippen LogP) is 1.51. The molecule has 0 radical (unpaired) electrons. The van der Waals surface area contributed by atoms with E-state index in [1.807, 2.05) is 26.0 Å². The van der Waals surface area contributed by atoms with Gasteiger partial charge in [-0.05, 0) is 25.5 Å². The van der Waals surface area contributed by atoms with Crippen LogP contribution in [0.4, 0.5) is 0 Å². The average Bonchev–Trinajstić information content (AvgIpc) is 2.38. The molecule has 0 atom stereocenters. The van der Waals surface area contributed by atoms with Crippen LogP contribution < -0.4 is 0 Å². The van der Waals surface area contributed by atoms with Crippen LogP contribution in [-0.4, -0.2) is 37.1 Å². The van der Waals surface area contributed by atoms with Crippen molar-refractivity contribution in [1.29, 1.82) is 0 Å². The molecule has 1 amide bonds. The number of morpholine rings is 1. The number of carbonyl (C=O) groups excluding carboxylic acids is 1. The molecule has 1 fully saturated rings. The van der Waals surface area contributed by atoms with Crippen LogP contribution in [0.15, 0.2) is 18.2 Å². The molecule has 0 aliphatic carbocycles. The van der Waals surface area contributed by atoms with Crippen LogP contribution in [0.1, 0.15) is 16.7 Å². The molecule has 1 aromatic rings. The van der Waals surface area contributed by atoms with E-state index in [1.54, 1.807) is 4.90 Å². The molecule has 3 heteroatoms. The molecule has 0 aromatic heterocycles. The van der Waals surface area contributed by atoms with Crippen molar-refractivity contribution in [2.24, 2.45) is 0 Å². The maximum absolute atomic E-state index is 11.8. The fourth-order valence-corrected chi connectivity index (χ4v) is 1.92. The zero-order valence-corrected chi connectivity index (χ0v) is 10.8. The van der Waals surface area contributed by atoms with E-state index in [0.717, 1.165) is 11.1 Å². The minimum Gasteiger partial charge on any atom is -0.378 e. The molecule has 18 heavy (non-hydrogen) atoms. The zero-order chi connectivity index (χ0) is 13.0. The molecule has 0 spiro atoms. The van der Waals surface area contributed by atoms with Crippen molar-refractivity contribution in [1.82, 2.24) is 4.90 Å². The van der Waals surface area contributed by atoms with Gasteiger partial charge in [0.2, 0.25) is 0 Å². The molecule has 1 heterocycles. The van der Waals surface area contributed by atoms with E-state index in [-0.39, 0.29) is 5.91 Å². The normalized spacial score (nSPS) is 14.9. The lowest BCUT2D eigenvalue weighted by Gasteiger charge is -2.24. The van der Waals surface area contributed by atoms with Gasteiger partial charge in [-0.1, -0.05) is 23.6 Å². The maximum Gasteiger partial charge on any atom is 0.298 e. The lowest BCUT2D eigenvalue weighted by Crippen LogP contribution is -2.40. The number of benzene rings is 1. The first-order chi connectivity index (χ1) is 8.66. The van der Waals surface area contributed by atoms with Crippen LogP contribution in [0.2, 0.25) is 0 Å². The van der Waals surface area contributed by atoms with Gasteiger partial charge in [0, 0.05) is 24.6 Å². The van der Waals surface area contributed by atoms with Crippen molar-refractivity contribution < 1.29 is 9.53 Å². The second-order valence-corrected chi connectivity index (χ2v) is 4.47. The second kappa shape index (κ2) is 5.70. The predicted molar refractivity (Wildman–Crippen MR) is 70.2 cm³/mol. The van der Waals surface area contributed by atoms with Gasteiger partial charge in [-0.3, -0.25) is 4.79 Å². The quantitative estimate of drug-likeness (QED) is 0.646. The Morgan fingerprint density at radius 2 is 2.00 bits per heavy atom. The first kappa shape index (κ1) is 12.7. The van der Waals surface area contributed by atoms with Gasteiger partial charge in [-0.2, -0.15) is 0 Å². The molecule has 2 rings (SSSR count). The summed E-state index contributed by atoms with van der Waals surface area (Å²) in [5, 5.41) is 0. The van der Waals surface area contributed by atoms with Crippen LogP contribution in [0.3, 0.4) is 0 Å². The summed E-state index contributed by atoms with van der Waals surface area (Å²) in [6.07, 6.45) is 0. The third-order valence-corrected chi connectivity index (χ3v) is 2.98. The van der Waals surface area contributed by atoms with Crippen LogP contribution in [0.25, 0.3) is 0 Å². The van der Waals surface area contributed by atoms with Gasteiger partial charge in [-0.15, -0.1) is 0 Å². The summed E-state index contributed by atoms with van der Waals surface area (Å²) in [6, 6.07) is 6.05. The average molecular weight is 243 g/mol. The highest BCUT2D eigenvalue weighted by molar-refractivity contribution is 5.94. The minimum atomic E-state index is -0.113. The Morgan fingerprint density at radius 1 is 1.28 bits per heavy atom. The number of amides is 1. The molecule has 1 saturated heterocycles. The summed E-state index contributed by atoms with van der Waals surface area (Å²) in [4.78, 5) is 13.6. The molecular weight excluding hydrogens is 226 g/mol. The molecular formula is C15H17NO2. The Balaban J connectivity index is 2.08. The zero-order valence-electron chi connectivity index (χ0n) is 10.8. The minimum absolute atomic E-state index is 0.113. The van der Waals surface area contributed by atoms with Crippen LogP contribution in [-0.2, 0) is 9.53 Å². The van der Waals surface area contributed by atoms with E-state index in [2.05, 4.69) is 17.9 Å². The van der Waals surface area contributed by atoms with Crippen LogP contribution in [0, 0.1) is 25.7 Å². The number of hydrogen-bond donors (Lipinski definition) is 0. The van der Waals surface area contributed by atoms with Gasteiger partial charge in [0.25, 0.3) is 5.91 Å². The first-order valence-electron chi connectivity index (χ1n) is 6.13. The van der Waals surface area contributed by atoms with Gasteiger partial charge < -0.3 is 9.64 Å². The second-order valence-electron chi connectivity index (χ2n) is 4.47. The van der Waals surface area contributed by atoms with E-state index >= 15 is 0 Å². The highest BCUT2D eigenvalue weighted by Crippen LogP contribution is 2.08. The van der Waals surface area contributed by atoms with E-state index < -0.39 is 0 Å². The number of rotatable bonds is 0. The molecule has 0 saturated carbocycles. The maximum atomic E-state index is 11.8. The SMILES string of the molecule is Cc1ccc(C#CC(=O)N2CCOCC2)c(C)c1. The van der Waals surface area contributed by atoms with Crippen LogP contribution in [0.5, 0.6) is 0 Å². The molecule has 1 aromatic carbocycles. The number of aryl methyl sites for hydroxylation is 2. The van der Waals surface area contributed by atoms with Gasteiger partial charge in [0.05, 0.1) is 13.2 Å². The third-order valence-electron chi connectivity index (χ3n) is 2.98. The first-order valence-corrected chi connectivity index (χ1v) is 6.13. The molecule has 1 aliphatic heterocycles. The summed E-state index contributed by atoms with van der Waals surface area (Å²) >= 11 is 0. The van der Waals surface area contributed by atoms with Crippen molar-refractivity contribution in [3.8, 4) is 11.8 Å². The fourth-order valence-electron chi connectivity index (χ4n) is 1.92. The van der Waals surface area contributed by atoms with Gasteiger partial charge in [-0.25, -0.2) is 0 Å². The molecule has 3 nitrogen and oxygen atoms in total. The van der Waals surface area contributed by atoms with Gasteiger partial charge in [0.15, 0.2) is 0 Å². The monoisotopic (exact) mass is 243 g/mol. The van der Waals surface area contributed by atoms with E-state index in [9.17, 15) is 4.79 Å². The van der Waals surface area contributed by atoms with Crippen molar-refractivity contribution >= 4 is 5.91 Å². The lowest BCUT2D eigenvalue weighted by atomic mass is 10.1. The Hall–Kier alpha value is -1.79. The number of hydrogen-bond acceptors (Lipinski definition) is 2. The largest absolute Gasteiger partial charge is 0.378 e.